The molecule has 0 aliphatic carbocycles. The highest BCUT2D eigenvalue weighted by molar-refractivity contribution is 5.95. The van der Waals surface area contributed by atoms with Gasteiger partial charge in [0.05, 0.1) is 11.8 Å². The van der Waals surface area contributed by atoms with Gasteiger partial charge in [0.2, 0.25) is 0 Å². The van der Waals surface area contributed by atoms with Crippen LogP contribution in [0.25, 0.3) is 0 Å². The van der Waals surface area contributed by atoms with Crippen LogP contribution in [0.1, 0.15) is 29.5 Å². The van der Waals surface area contributed by atoms with Crippen LogP contribution in [-0.4, -0.2) is 23.7 Å². The van der Waals surface area contributed by atoms with Gasteiger partial charge in [-0.3, -0.25) is 4.79 Å². The van der Waals surface area contributed by atoms with Gasteiger partial charge in [0.15, 0.2) is 0 Å². The Kier molecular flexibility index (Phi) is 3.71. The molecule has 1 heterocycles. The van der Waals surface area contributed by atoms with Crippen molar-refractivity contribution in [3.63, 3.8) is 0 Å². The van der Waals surface area contributed by atoms with E-state index < -0.39 is 0 Å². The molecule has 1 unspecified atom stereocenters. The molecule has 14 heavy (non-hydrogen) atoms. The van der Waals surface area contributed by atoms with Crippen LogP contribution in [0.5, 0.6) is 0 Å². The molecule has 0 radical (unpaired) electrons. The first-order valence-corrected chi connectivity index (χ1v) is 4.61. The number of nitrogens with one attached hydrogen (secondary N) is 1. The fraction of sp³-hybridized carbons (Fsp3) is 0.500. The molecule has 0 fully saturated rings. The lowest BCUT2D eigenvalue weighted by Crippen LogP contribution is -2.33. The Hall–Kier alpha value is -1.29. The molecular formula is C10H15NO3. The van der Waals surface area contributed by atoms with Crippen molar-refractivity contribution in [1.82, 2.24) is 5.32 Å². The van der Waals surface area contributed by atoms with Crippen molar-refractivity contribution in [2.24, 2.45) is 0 Å². The van der Waals surface area contributed by atoms with Crippen LogP contribution in [0.2, 0.25) is 0 Å². The zero-order valence-electron chi connectivity index (χ0n) is 8.41. The van der Waals surface area contributed by atoms with Gasteiger partial charge in [-0.25, -0.2) is 0 Å². The van der Waals surface area contributed by atoms with Crippen LogP contribution in [0.15, 0.2) is 16.7 Å². The normalized spacial score (nSPS) is 12.5. The van der Waals surface area contributed by atoms with Crippen LogP contribution in [0.4, 0.5) is 0 Å². The maximum absolute atomic E-state index is 11.6. The zero-order valence-corrected chi connectivity index (χ0v) is 8.41. The monoisotopic (exact) mass is 197 g/mol. The second-order valence-electron chi connectivity index (χ2n) is 3.28. The molecule has 1 rings (SSSR count). The van der Waals surface area contributed by atoms with Crippen molar-refractivity contribution in [3.05, 3.63) is 23.7 Å². The van der Waals surface area contributed by atoms with E-state index in [4.69, 9.17) is 9.52 Å². The van der Waals surface area contributed by atoms with E-state index in [1.165, 1.54) is 6.26 Å². The molecule has 0 aromatic carbocycles. The van der Waals surface area contributed by atoms with Gasteiger partial charge in [0.1, 0.15) is 5.76 Å². The number of aliphatic hydroxyl groups excluding tert-OH is 1. The average Bonchev–Trinajstić information content (AvgIpc) is 2.51. The Labute approximate surface area is 82.9 Å². The number of aliphatic hydroxyl groups is 1. The summed E-state index contributed by atoms with van der Waals surface area (Å²) >= 11 is 0. The Morgan fingerprint density at radius 3 is 2.93 bits per heavy atom. The summed E-state index contributed by atoms with van der Waals surface area (Å²) in [6.07, 6.45) is 2.05. The van der Waals surface area contributed by atoms with Gasteiger partial charge < -0.3 is 14.8 Å². The Morgan fingerprint density at radius 1 is 1.71 bits per heavy atom. The quantitative estimate of drug-likeness (QED) is 0.759. The van der Waals surface area contributed by atoms with Gasteiger partial charge in [-0.1, -0.05) is 0 Å². The standard InChI is InChI=1S/C10H15NO3/c1-7(3-5-12)11-10(13)9-4-6-14-8(9)2/h4,6-7,12H,3,5H2,1-2H3,(H,11,13). The van der Waals surface area contributed by atoms with Crippen molar-refractivity contribution in [2.45, 2.75) is 26.3 Å². The molecule has 0 saturated carbocycles. The van der Waals surface area contributed by atoms with E-state index in [0.717, 1.165) is 0 Å². The highest BCUT2D eigenvalue weighted by Crippen LogP contribution is 2.08. The maximum Gasteiger partial charge on any atom is 0.255 e. The lowest BCUT2D eigenvalue weighted by atomic mass is 10.2. The number of hydrogen-bond acceptors (Lipinski definition) is 3. The molecule has 1 aromatic rings. The van der Waals surface area contributed by atoms with Gasteiger partial charge in [0.25, 0.3) is 5.91 Å². The highest BCUT2D eigenvalue weighted by atomic mass is 16.3. The summed E-state index contributed by atoms with van der Waals surface area (Å²) in [5, 5.41) is 11.4. The van der Waals surface area contributed by atoms with E-state index in [-0.39, 0.29) is 18.6 Å². The first kappa shape index (κ1) is 10.8. The summed E-state index contributed by atoms with van der Waals surface area (Å²) in [6.45, 7) is 3.67. The van der Waals surface area contributed by atoms with Crippen molar-refractivity contribution >= 4 is 5.91 Å². The van der Waals surface area contributed by atoms with Crippen LogP contribution >= 0.6 is 0 Å². The Morgan fingerprint density at radius 2 is 2.43 bits per heavy atom. The molecule has 1 atom stereocenters. The van der Waals surface area contributed by atoms with Crippen LogP contribution in [0.3, 0.4) is 0 Å². The lowest BCUT2D eigenvalue weighted by Gasteiger charge is -2.11. The molecule has 2 N–H and O–H groups in total. The van der Waals surface area contributed by atoms with Gasteiger partial charge >= 0.3 is 0 Å². The van der Waals surface area contributed by atoms with Gasteiger partial charge in [0, 0.05) is 12.6 Å². The summed E-state index contributed by atoms with van der Waals surface area (Å²) in [6, 6.07) is 1.61. The molecule has 0 bridgehead atoms. The Balaban J connectivity index is 2.55. The van der Waals surface area contributed by atoms with Crippen molar-refractivity contribution in [3.8, 4) is 0 Å². The van der Waals surface area contributed by atoms with E-state index in [1.54, 1.807) is 13.0 Å². The predicted octanol–water partition coefficient (Wildman–Crippen LogP) is 1.09. The molecule has 0 aliphatic heterocycles. The molecule has 0 aliphatic rings. The number of carbonyl (C=O) groups excluding carboxylic acids is 1. The van der Waals surface area contributed by atoms with Gasteiger partial charge in [-0.05, 0) is 26.3 Å². The van der Waals surface area contributed by atoms with E-state index in [2.05, 4.69) is 5.32 Å². The number of aryl methyl sites for hydroxylation is 1. The first-order valence-electron chi connectivity index (χ1n) is 4.61. The SMILES string of the molecule is Cc1occc1C(=O)NC(C)CCO. The van der Waals surface area contributed by atoms with E-state index in [0.29, 0.717) is 17.7 Å². The second kappa shape index (κ2) is 4.81. The topological polar surface area (TPSA) is 62.5 Å². The van der Waals surface area contributed by atoms with Crippen molar-refractivity contribution in [2.75, 3.05) is 6.61 Å². The minimum absolute atomic E-state index is 0.0261. The number of rotatable bonds is 4. The van der Waals surface area contributed by atoms with Crippen LogP contribution in [-0.2, 0) is 0 Å². The van der Waals surface area contributed by atoms with Crippen molar-refractivity contribution < 1.29 is 14.3 Å². The molecule has 78 valence electrons. The van der Waals surface area contributed by atoms with Crippen LogP contribution in [0, 0.1) is 6.92 Å². The highest BCUT2D eigenvalue weighted by Gasteiger charge is 2.13. The fourth-order valence-corrected chi connectivity index (χ4v) is 1.19. The number of amides is 1. The molecule has 1 aromatic heterocycles. The summed E-state index contributed by atoms with van der Waals surface area (Å²) in [7, 11) is 0. The molecule has 4 nitrogen and oxygen atoms in total. The third kappa shape index (κ3) is 2.60. The smallest absolute Gasteiger partial charge is 0.255 e. The van der Waals surface area contributed by atoms with E-state index >= 15 is 0 Å². The lowest BCUT2D eigenvalue weighted by molar-refractivity contribution is 0.0933. The number of hydrogen-bond donors (Lipinski definition) is 2. The molecular weight excluding hydrogens is 182 g/mol. The van der Waals surface area contributed by atoms with Crippen molar-refractivity contribution in [1.29, 1.82) is 0 Å². The summed E-state index contributed by atoms with van der Waals surface area (Å²) < 4.78 is 5.02. The van der Waals surface area contributed by atoms with Crippen LogP contribution < -0.4 is 5.32 Å². The third-order valence-corrected chi connectivity index (χ3v) is 2.04. The first-order chi connectivity index (χ1) is 6.65. The molecule has 0 spiro atoms. The minimum Gasteiger partial charge on any atom is -0.469 e. The summed E-state index contributed by atoms with van der Waals surface area (Å²) in [4.78, 5) is 11.6. The van der Waals surface area contributed by atoms with E-state index in [1.807, 2.05) is 6.92 Å². The molecule has 1 amide bonds. The largest absolute Gasteiger partial charge is 0.469 e. The third-order valence-electron chi connectivity index (χ3n) is 2.04. The predicted molar refractivity (Wildman–Crippen MR) is 52.1 cm³/mol. The average molecular weight is 197 g/mol. The van der Waals surface area contributed by atoms with Gasteiger partial charge in [-0.15, -0.1) is 0 Å². The Bertz CT molecular complexity index is 306. The van der Waals surface area contributed by atoms with Gasteiger partial charge in [-0.2, -0.15) is 0 Å². The maximum atomic E-state index is 11.6. The minimum atomic E-state index is -0.155. The molecule has 4 heteroatoms. The summed E-state index contributed by atoms with van der Waals surface area (Å²) in [5.74, 6) is 0.455. The fourth-order valence-electron chi connectivity index (χ4n) is 1.19. The number of furan rings is 1. The second-order valence-corrected chi connectivity index (χ2v) is 3.28. The van der Waals surface area contributed by atoms with E-state index in [9.17, 15) is 4.79 Å². The number of carbonyl (C=O) groups is 1. The molecule has 0 saturated heterocycles. The summed E-state index contributed by atoms with van der Waals surface area (Å²) in [5.41, 5.74) is 0.551. The zero-order chi connectivity index (χ0) is 10.6.